The molecule has 3 rings (SSSR count). The molecule has 5 heteroatoms. The quantitative estimate of drug-likeness (QED) is 0.321. The van der Waals surface area contributed by atoms with Gasteiger partial charge in [0.2, 0.25) is 0 Å². The number of rotatable bonds is 7. The third-order valence-electron chi connectivity index (χ3n) is 3.98. The minimum atomic E-state index is 0.124. The Morgan fingerprint density at radius 2 is 1.88 bits per heavy atom. The monoisotopic (exact) mass is 369 g/mol. The zero-order valence-corrected chi connectivity index (χ0v) is 15.3. The standard InChI is InChI=1S/C20H20ClN3S/c21-17-3-1-2-15(12-17)13-24-10-8-14-4-6-16(7-5-14)18-9-11-25-19(18)20(22)23/h1-7,9,11-12,24H,8,10,13H2,(H3,22,23). The Bertz CT molecular complexity index is 855. The molecular weight excluding hydrogens is 350 g/mol. The highest BCUT2D eigenvalue weighted by atomic mass is 35.5. The van der Waals surface area contributed by atoms with Gasteiger partial charge in [-0.2, -0.15) is 0 Å². The maximum atomic E-state index is 7.65. The van der Waals surface area contributed by atoms with Crippen LogP contribution in [0.1, 0.15) is 16.0 Å². The van der Waals surface area contributed by atoms with E-state index < -0.39 is 0 Å². The van der Waals surface area contributed by atoms with Crippen LogP contribution in [0.15, 0.2) is 60.0 Å². The molecule has 2 aromatic carbocycles. The summed E-state index contributed by atoms with van der Waals surface area (Å²) in [6.45, 7) is 1.72. The van der Waals surface area contributed by atoms with Gasteiger partial charge < -0.3 is 11.1 Å². The van der Waals surface area contributed by atoms with Crippen LogP contribution in [-0.4, -0.2) is 12.4 Å². The maximum Gasteiger partial charge on any atom is 0.133 e. The molecule has 0 radical (unpaired) electrons. The summed E-state index contributed by atoms with van der Waals surface area (Å²) in [5.74, 6) is 0.124. The number of halogens is 1. The van der Waals surface area contributed by atoms with Crippen molar-refractivity contribution in [1.82, 2.24) is 5.32 Å². The van der Waals surface area contributed by atoms with E-state index in [2.05, 4.69) is 35.6 Å². The number of nitrogens with two attached hydrogens (primary N) is 1. The lowest BCUT2D eigenvalue weighted by Gasteiger charge is -2.07. The predicted octanol–water partition coefficient (Wildman–Crippen LogP) is 4.68. The Morgan fingerprint density at radius 3 is 2.60 bits per heavy atom. The third kappa shape index (κ3) is 4.69. The van der Waals surface area contributed by atoms with Crippen molar-refractivity contribution in [3.05, 3.63) is 81.0 Å². The van der Waals surface area contributed by atoms with Crippen LogP contribution in [0, 0.1) is 5.41 Å². The van der Waals surface area contributed by atoms with Crippen molar-refractivity contribution in [2.24, 2.45) is 5.73 Å². The summed E-state index contributed by atoms with van der Waals surface area (Å²) < 4.78 is 0. The Hall–Kier alpha value is -2.14. The van der Waals surface area contributed by atoms with Crippen molar-refractivity contribution in [3.8, 4) is 11.1 Å². The largest absolute Gasteiger partial charge is 0.383 e. The fraction of sp³-hybridized carbons (Fsp3) is 0.150. The van der Waals surface area contributed by atoms with Gasteiger partial charge in [-0.3, -0.25) is 5.41 Å². The number of benzene rings is 2. The molecule has 1 heterocycles. The topological polar surface area (TPSA) is 61.9 Å². The van der Waals surface area contributed by atoms with Crippen molar-refractivity contribution in [2.75, 3.05) is 6.54 Å². The highest BCUT2D eigenvalue weighted by Crippen LogP contribution is 2.28. The van der Waals surface area contributed by atoms with Crippen molar-refractivity contribution < 1.29 is 0 Å². The number of hydrogen-bond acceptors (Lipinski definition) is 3. The molecule has 0 saturated heterocycles. The number of hydrogen-bond donors (Lipinski definition) is 3. The van der Waals surface area contributed by atoms with E-state index in [1.54, 1.807) is 0 Å². The SMILES string of the molecule is N=C(N)c1sccc1-c1ccc(CCNCc2cccc(Cl)c2)cc1. The molecule has 4 N–H and O–H groups in total. The van der Waals surface area contributed by atoms with E-state index in [1.165, 1.54) is 22.5 Å². The lowest BCUT2D eigenvalue weighted by Crippen LogP contribution is -2.16. The van der Waals surface area contributed by atoms with Gasteiger partial charge in [-0.1, -0.05) is 48.0 Å². The van der Waals surface area contributed by atoms with Gasteiger partial charge in [0.15, 0.2) is 0 Å². The van der Waals surface area contributed by atoms with Crippen molar-refractivity contribution in [1.29, 1.82) is 5.41 Å². The Labute approximate surface area is 157 Å². The lowest BCUT2D eigenvalue weighted by atomic mass is 10.0. The van der Waals surface area contributed by atoms with E-state index in [4.69, 9.17) is 22.7 Å². The minimum Gasteiger partial charge on any atom is -0.383 e. The molecular formula is C20H20ClN3S. The third-order valence-corrected chi connectivity index (χ3v) is 5.17. The van der Waals surface area contributed by atoms with Crippen LogP contribution in [0.25, 0.3) is 11.1 Å². The first-order valence-corrected chi connectivity index (χ1v) is 9.35. The summed E-state index contributed by atoms with van der Waals surface area (Å²) in [5, 5.41) is 13.8. The molecule has 0 aliphatic rings. The van der Waals surface area contributed by atoms with Crippen molar-refractivity contribution >= 4 is 28.8 Å². The second kappa shape index (κ2) is 8.30. The van der Waals surface area contributed by atoms with Crippen LogP contribution >= 0.6 is 22.9 Å². The van der Waals surface area contributed by atoms with E-state index in [0.29, 0.717) is 0 Å². The minimum absolute atomic E-state index is 0.124. The molecule has 0 aliphatic carbocycles. The number of thiophene rings is 1. The summed E-state index contributed by atoms with van der Waals surface area (Å²) in [6, 6.07) is 18.4. The molecule has 3 nitrogen and oxygen atoms in total. The molecule has 0 spiro atoms. The summed E-state index contributed by atoms with van der Waals surface area (Å²) >= 11 is 7.50. The number of nitrogens with one attached hydrogen (secondary N) is 2. The second-order valence-electron chi connectivity index (χ2n) is 5.83. The fourth-order valence-electron chi connectivity index (χ4n) is 2.71. The van der Waals surface area contributed by atoms with E-state index in [9.17, 15) is 0 Å². The highest BCUT2D eigenvalue weighted by Gasteiger charge is 2.09. The smallest absolute Gasteiger partial charge is 0.133 e. The van der Waals surface area contributed by atoms with Crippen molar-refractivity contribution in [2.45, 2.75) is 13.0 Å². The fourth-order valence-corrected chi connectivity index (χ4v) is 3.70. The molecule has 3 aromatic rings. The van der Waals surface area contributed by atoms with Crippen LogP contribution in [0.5, 0.6) is 0 Å². The first kappa shape index (κ1) is 17.7. The van der Waals surface area contributed by atoms with Gasteiger partial charge >= 0.3 is 0 Å². The van der Waals surface area contributed by atoms with Gasteiger partial charge in [0.25, 0.3) is 0 Å². The van der Waals surface area contributed by atoms with E-state index in [1.807, 2.05) is 29.6 Å². The molecule has 0 bridgehead atoms. The zero-order chi connectivity index (χ0) is 17.6. The average molecular weight is 370 g/mol. The molecule has 0 fully saturated rings. The van der Waals surface area contributed by atoms with Crippen LogP contribution in [0.2, 0.25) is 5.02 Å². The van der Waals surface area contributed by atoms with Gasteiger partial charge in [-0.05, 0) is 53.2 Å². The summed E-state index contributed by atoms with van der Waals surface area (Å²) in [7, 11) is 0. The van der Waals surface area contributed by atoms with Crippen LogP contribution < -0.4 is 11.1 Å². The number of amidine groups is 1. The normalized spacial score (nSPS) is 10.8. The van der Waals surface area contributed by atoms with Gasteiger partial charge in [0.1, 0.15) is 5.84 Å². The predicted molar refractivity (Wildman–Crippen MR) is 108 cm³/mol. The second-order valence-corrected chi connectivity index (χ2v) is 7.18. The molecule has 0 aliphatic heterocycles. The average Bonchev–Trinajstić information content (AvgIpc) is 3.09. The first-order chi connectivity index (χ1) is 12.1. The Balaban J connectivity index is 1.54. The zero-order valence-electron chi connectivity index (χ0n) is 13.8. The van der Waals surface area contributed by atoms with Crippen LogP contribution in [-0.2, 0) is 13.0 Å². The van der Waals surface area contributed by atoms with Crippen molar-refractivity contribution in [3.63, 3.8) is 0 Å². The van der Waals surface area contributed by atoms with E-state index in [0.717, 1.165) is 40.5 Å². The number of nitrogen functional groups attached to an aromatic ring is 1. The van der Waals surface area contributed by atoms with Crippen LogP contribution in [0.4, 0.5) is 0 Å². The van der Waals surface area contributed by atoms with Crippen LogP contribution in [0.3, 0.4) is 0 Å². The lowest BCUT2D eigenvalue weighted by molar-refractivity contribution is 0.687. The summed E-state index contributed by atoms with van der Waals surface area (Å²) in [4.78, 5) is 0.830. The van der Waals surface area contributed by atoms with Gasteiger partial charge in [0.05, 0.1) is 4.88 Å². The molecule has 128 valence electrons. The Morgan fingerprint density at radius 1 is 1.08 bits per heavy atom. The molecule has 0 unspecified atom stereocenters. The summed E-state index contributed by atoms with van der Waals surface area (Å²) in [5.41, 5.74) is 10.2. The molecule has 0 saturated carbocycles. The summed E-state index contributed by atoms with van der Waals surface area (Å²) in [6.07, 6.45) is 0.962. The maximum absolute atomic E-state index is 7.65. The van der Waals surface area contributed by atoms with Gasteiger partial charge in [-0.25, -0.2) is 0 Å². The molecule has 0 atom stereocenters. The molecule has 25 heavy (non-hydrogen) atoms. The first-order valence-electron chi connectivity index (χ1n) is 8.10. The molecule has 1 aromatic heterocycles. The highest BCUT2D eigenvalue weighted by molar-refractivity contribution is 7.12. The van der Waals surface area contributed by atoms with E-state index in [-0.39, 0.29) is 5.84 Å². The van der Waals surface area contributed by atoms with E-state index >= 15 is 0 Å². The Kier molecular flexibility index (Phi) is 5.87. The molecule has 0 amide bonds. The van der Waals surface area contributed by atoms with Gasteiger partial charge in [-0.15, -0.1) is 11.3 Å². The van der Waals surface area contributed by atoms with Gasteiger partial charge in [0, 0.05) is 17.1 Å².